The highest BCUT2D eigenvalue weighted by Gasteiger charge is 2.12. The molecule has 0 fully saturated rings. The number of amides is 1. The van der Waals surface area contributed by atoms with Crippen molar-refractivity contribution in [2.45, 2.75) is 26.4 Å². The van der Waals surface area contributed by atoms with Gasteiger partial charge in [0.15, 0.2) is 0 Å². The van der Waals surface area contributed by atoms with Gasteiger partial charge in [-0.05, 0) is 25.5 Å². The van der Waals surface area contributed by atoms with Crippen LogP contribution >= 0.6 is 0 Å². The van der Waals surface area contributed by atoms with Gasteiger partial charge in [0.1, 0.15) is 5.75 Å². The smallest absolute Gasteiger partial charge is 0.239 e. The van der Waals surface area contributed by atoms with Crippen molar-refractivity contribution in [3.8, 4) is 5.75 Å². The van der Waals surface area contributed by atoms with E-state index < -0.39 is 0 Å². The van der Waals surface area contributed by atoms with Crippen molar-refractivity contribution >= 4 is 11.6 Å². The Balaban J connectivity index is 2.85. The Bertz CT molecular complexity index is 433. The molecule has 0 spiro atoms. The average molecular weight is 265 g/mol. The summed E-state index contributed by atoms with van der Waals surface area (Å²) in [6.07, 6.45) is 0. The van der Waals surface area contributed by atoms with E-state index >= 15 is 0 Å². The van der Waals surface area contributed by atoms with Crippen LogP contribution in [0.2, 0.25) is 0 Å². The molecule has 0 saturated heterocycles. The number of hydrogen-bond donors (Lipinski definition) is 2. The van der Waals surface area contributed by atoms with Crippen molar-refractivity contribution in [3.05, 3.63) is 23.8 Å². The van der Waals surface area contributed by atoms with Crippen molar-refractivity contribution in [3.63, 3.8) is 0 Å². The molecule has 1 rings (SSSR count). The summed E-state index contributed by atoms with van der Waals surface area (Å²) in [6, 6.07) is 5.82. The summed E-state index contributed by atoms with van der Waals surface area (Å²) >= 11 is 0. The van der Waals surface area contributed by atoms with Gasteiger partial charge in [-0.3, -0.25) is 4.79 Å². The first-order valence-corrected chi connectivity index (χ1v) is 6.35. The van der Waals surface area contributed by atoms with Gasteiger partial charge in [0.2, 0.25) is 5.91 Å². The zero-order chi connectivity index (χ0) is 14.4. The van der Waals surface area contributed by atoms with Gasteiger partial charge in [-0.2, -0.15) is 0 Å². The normalized spacial score (nSPS) is 10.4. The Labute approximate surface area is 114 Å². The van der Waals surface area contributed by atoms with E-state index in [0.29, 0.717) is 13.1 Å². The van der Waals surface area contributed by atoms with Gasteiger partial charge in [0.25, 0.3) is 0 Å². The molecule has 0 aromatic heterocycles. The van der Waals surface area contributed by atoms with E-state index in [0.717, 1.165) is 17.0 Å². The van der Waals surface area contributed by atoms with Crippen LogP contribution in [0.15, 0.2) is 18.2 Å². The summed E-state index contributed by atoms with van der Waals surface area (Å²) in [5.41, 5.74) is 7.63. The van der Waals surface area contributed by atoms with Gasteiger partial charge in [-0.25, -0.2) is 0 Å². The van der Waals surface area contributed by atoms with Crippen LogP contribution in [0.4, 0.5) is 5.69 Å². The van der Waals surface area contributed by atoms with Gasteiger partial charge >= 0.3 is 0 Å². The average Bonchev–Trinajstić information content (AvgIpc) is 2.36. The molecule has 5 heteroatoms. The first-order chi connectivity index (χ1) is 8.97. The molecule has 1 aromatic carbocycles. The fourth-order valence-corrected chi connectivity index (χ4v) is 1.87. The van der Waals surface area contributed by atoms with Crippen molar-refractivity contribution in [1.82, 2.24) is 5.32 Å². The lowest BCUT2D eigenvalue weighted by Gasteiger charge is -2.23. The summed E-state index contributed by atoms with van der Waals surface area (Å²) in [4.78, 5) is 13.7. The van der Waals surface area contributed by atoms with Gasteiger partial charge in [-0.15, -0.1) is 0 Å². The molecular weight excluding hydrogens is 242 g/mol. The molecule has 0 aliphatic heterocycles. The predicted molar refractivity (Wildman–Crippen MR) is 77.4 cm³/mol. The van der Waals surface area contributed by atoms with Crippen LogP contribution < -0.4 is 20.7 Å². The highest BCUT2D eigenvalue weighted by Crippen LogP contribution is 2.24. The van der Waals surface area contributed by atoms with Crippen molar-refractivity contribution in [2.75, 3.05) is 25.6 Å². The number of nitrogens with zero attached hydrogens (tertiary/aromatic N) is 1. The number of ether oxygens (including phenoxy) is 1. The maximum atomic E-state index is 11.8. The van der Waals surface area contributed by atoms with Gasteiger partial charge in [0.05, 0.1) is 13.7 Å². The Morgan fingerprint density at radius 3 is 2.68 bits per heavy atom. The van der Waals surface area contributed by atoms with Crippen LogP contribution in [0.3, 0.4) is 0 Å². The Morgan fingerprint density at radius 1 is 1.47 bits per heavy atom. The van der Waals surface area contributed by atoms with Crippen LogP contribution in [-0.2, 0) is 11.3 Å². The third-order valence-electron chi connectivity index (χ3n) is 2.75. The van der Waals surface area contributed by atoms with E-state index in [1.54, 1.807) is 7.11 Å². The summed E-state index contributed by atoms with van der Waals surface area (Å²) in [5.74, 6) is 0.742. The zero-order valence-corrected chi connectivity index (χ0v) is 12.1. The number of likely N-dealkylation sites (N-methyl/N-ethyl adjacent to an activating group) is 1. The number of carbonyl (C=O) groups excluding carboxylic acids is 1. The van der Waals surface area contributed by atoms with Crippen LogP contribution in [0.1, 0.15) is 19.4 Å². The number of nitrogens with two attached hydrogens (primary N) is 1. The minimum atomic E-state index is -0.0108. The molecule has 3 N–H and O–H groups in total. The molecule has 0 unspecified atom stereocenters. The lowest BCUT2D eigenvalue weighted by molar-refractivity contribution is -0.120. The van der Waals surface area contributed by atoms with Crippen molar-refractivity contribution in [1.29, 1.82) is 0 Å². The van der Waals surface area contributed by atoms with Crippen LogP contribution in [0.25, 0.3) is 0 Å². The molecule has 0 radical (unpaired) electrons. The zero-order valence-electron chi connectivity index (χ0n) is 12.1. The second-order valence-corrected chi connectivity index (χ2v) is 4.78. The standard InChI is InChI=1S/C14H23N3O2/c1-10(2)16-14(18)9-17(3)13-7-12(19-4)6-5-11(13)8-15/h5-7,10H,8-9,15H2,1-4H3,(H,16,18). The third-order valence-corrected chi connectivity index (χ3v) is 2.75. The monoisotopic (exact) mass is 265 g/mol. The number of methoxy groups -OCH3 is 1. The molecule has 0 bridgehead atoms. The van der Waals surface area contributed by atoms with Crippen LogP contribution in [-0.4, -0.2) is 32.7 Å². The largest absolute Gasteiger partial charge is 0.497 e. The lowest BCUT2D eigenvalue weighted by Crippen LogP contribution is -2.38. The Kier molecular flexibility index (Phi) is 5.63. The number of carbonyl (C=O) groups is 1. The number of anilines is 1. The summed E-state index contributed by atoms with van der Waals surface area (Å²) < 4.78 is 5.21. The predicted octanol–water partition coefficient (Wildman–Crippen LogP) is 1.11. The van der Waals surface area contributed by atoms with E-state index in [4.69, 9.17) is 10.5 Å². The summed E-state index contributed by atoms with van der Waals surface area (Å²) in [7, 11) is 3.49. The maximum absolute atomic E-state index is 11.8. The number of rotatable bonds is 6. The molecule has 1 aromatic rings. The van der Waals surface area contributed by atoms with Crippen LogP contribution in [0, 0.1) is 0 Å². The van der Waals surface area contributed by atoms with E-state index in [-0.39, 0.29) is 11.9 Å². The Hall–Kier alpha value is -1.75. The molecule has 5 nitrogen and oxygen atoms in total. The van der Waals surface area contributed by atoms with E-state index in [2.05, 4.69) is 5.32 Å². The van der Waals surface area contributed by atoms with E-state index in [1.165, 1.54) is 0 Å². The molecule has 0 saturated carbocycles. The van der Waals surface area contributed by atoms with Gasteiger partial charge in [-0.1, -0.05) is 6.07 Å². The van der Waals surface area contributed by atoms with Crippen molar-refractivity contribution < 1.29 is 9.53 Å². The molecule has 19 heavy (non-hydrogen) atoms. The minimum Gasteiger partial charge on any atom is -0.497 e. The number of nitrogens with one attached hydrogen (secondary N) is 1. The second-order valence-electron chi connectivity index (χ2n) is 4.78. The third kappa shape index (κ3) is 4.44. The van der Waals surface area contributed by atoms with Gasteiger partial charge < -0.3 is 20.7 Å². The highest BCUT2D eigenvalue weighted by atomic mass is 16.5. The number of hydrogen-bond acceptors (Lipinski definition) is 4. The quantitative estimate of drug-likeness (QED) is 0.808. The SMILES string of the molecule is COc1ccc(CN)c(N(C)CC(=O)NC(C)C)c1. The van der Waals surface area contributed by atoms with Gasteiger partial charge in [0, 0.05) is 31.4 Å². The fourth-order valence-electron chi connectivity index (χ4n) is 1.87. The molecule has 106 valence electrons. The van der Waals surface area contributed by atoms with E-state index in [1.807, 2.05) is 44.0 Å². The maximum Gasteiger partial charge on any atom is 0.239 e. The first kappa shape index (κ1) is 15.3. The Morgan fingerprint density at radius 2 is 2.16 bits per heavy atom. The first-order valence-electron chi connectivity index (χ1n) is 6.35. The molecule has 0 atom stereocenters. The second kappa shape index (κ2) is 6.99. The van der Waals surface area contributed by atoms with E-state index in [9.17, 15) is 4.79 Å². The van der Waals surface area contributed by atoms with Crippen LogP contribution in [0.5, 0.6) is 5.75 Å². The molecule has 0 aliphatic rings. The molecule has 1 amide bonds. The molecular formula is C14H23N3O2. The molecule has 0 aliphatic carbocycles. The lowest BCUT2D eigenvalue weighted by atomic mass is 10.1. The summed E-state index contributed by atoms with van der Waals surface area (Å²) in [5, 5.41) is 2.87. The highest BCUT2D eigenvalue weighted by molar-refractivity contribution is 5.81. The molecule has 0 heterocycles. The summed E-state index contributed by atoms with van der Waals surface area (Å²) in [6.45, 7) is 4.59. The topological polar surface area (TPSA) is 67.6 Å². The minimum absolute atomic E-state index is 0.0108. The number of benzene rings is 1. The fraction of sp³-hybridized carbons (Fsp3) is 0.500. The van der Waals surface area contributed by atoms with Crippen molar-refractivity contribution in [2.24, 2.45) is 5.73 Å².